The minimum absolute atomic E-state index is 0.0280. The topological polar surface area (TPSA) is 134 Å². The lowest BCUT2D eigenvalue weighted by molar-refractivity contribution is 0.0606. The molecule has 1 aliphatic carbocycles. The van der Waals surface area contributed by atoms with E-state index >= 15 is 0 Å². The Balaban J connectivity index is 1.24. The molecule has 0 radical (unpaired) electrons. The number of methoxy groups -OCH3 is 1. The van der Waals surface area contributed by atoms with Crippen molar-refractivity contribution >= 4 is 33.6 Å². The lowest BCUT2D eigenvalue weighted by atomic mass is 10.0. The maximum Gasteiger partial charge on any atom is 0.254 e. The normalized spacial score (nSPS) is 19.0. The summed E-state index contributed by atoms with van der Waals surface area (Å²) in [6.45, 7) is 1.16. The minimum Gasteiger partial charge on any atom is -0.494 e. The van der Waals surface area contributed by atoms with Crippen LogP contribution in [0.4, 0.5) is 4.39 Å². The third kappa shape index (κ3) is 4.46. The summed E-state index contributed by atoms with van der Waals surface area (Å²) in [6, 6.07) is 13.1. The van der Waals surface area contributed by atoms with Gasteiger partial charge in [0.25, 0.3) is 5.91 Å². The number of carbonyl (C=O) groups is 1. The second-order valence-electron chi connectivity index (χ2n) is 11.9. The first-order valence-electron chi connectivity index (χ1n) is 14.8. The van der Waals surface area contributed by atoms with Gasteiger partial charge in [-0.25, -0.2) is 18.9 Å². The summed E-state index contributed by atoms with van der Waals surface area (Å²) in [6.07, 6.45) is 3.35. The van der Waals surface area contributed by atoms with E-state index in [1.54, 1.807) is 23.8 Å². The molecule has 2 fully saturated rings. The molecule has 6 aromatic rings. The van der Waals surface area contributed by atoms with Crippen molar-refractivity contribution in [3.8, 4) is 28.5 Å². The number of likely N-dealkylation sites (tertiary alicyclic amines) is 1. The molecule has 1 aromatic carbocycles. The van der Waals surface area contributed by atoms with Crippen LogP contribution in [-0.2, 0) is 13.6 Å². The Morgan fingerprint density at radius 3 is 2.77 bits per heavy atom. The highest BCUT2D eigenvalue weighted by molar-refractivity contribution is 6.00. The Morgan fingerprint density at radius 1 is 1.11 bits per heavy atom. The van der Waals surface area contributed by atoms with Crippen molar-refractivity contribution in [1.29, 1.82) is 0 Å². The zero-order chi connectivity index (χ0) is 30.1. The first-order valence-corrected chi connectivity index (χ1v) is 14.8. The highest BCUT2D eigenvalue weighted by Gasteiger charge is 2.30. The zero-order valence-electron chi connectivity index (χ0n) is 24.4. The van der Waals surface area contributed by atoms with Crippen LogP contribution < -0.4 is 10.5 Å². The Bertz CT molecular complexity index is 2070. The van der Waals surface area contributed by atoms with Gasteiger partial charge in [0.15, 0.2) is 11.5 Å². The number of aromatic nitrogens is 8. The molecule has 224 valence electrons. The summed E-state index contributed by atoms with van der Waals surface area (Å²) in [4.78, 5) is 25.1. The van der Waals surface area contributed by atoms with Crippen molar-refractivity contribution in [2.45, 2.75) is 38.0 Å². The second kappa shape index (κ2) is 10.1. The number of benzene rings is 1. The number of halogens is 1. The summed E-state index contributed by atoms with van der Waals surface area (Å²) in [7, 11) is 3.53. The summed E-state index contributed by atoms with van der Waals surface area (Å²) in [5.41, 5.74) is 12.0. The number of rotatable bonds is 6. The standard InChI is InChI=1S/C31H31FN10O2/c1-39-28-24(9-20(11-26(28)44-2)31(43)40-15-21(32)12-22(33)16-40)35-30(39)25-10-18-5-7-23(34-29(18)41(25)13-17-3-4-17)19-6-8-27-36-37-38-42(27)14-19/h5-11,14,17,21-22H,3-4,12-13,15-16,33H2,1-2H3/t21-,22-/m1/s1. The van der Waals surface area contributed by atoms with E-state index in [2.05, 4.69) is 32.2 Å². The SMILES string of the molecule is COc1cc(C(=O)N2C[C@H](N)C[C@@H](F)C2)cc2nc(-c3cc4ccc(-c5ccc6nnnn6c5)nc4n3CC3CC3)n(C)c12. The number of hydrogen-bond donors (Lipinski definition) is 1. The van der Waals surface area contributed by atoms with Crippen LogP contribution in [-0.4, -0.2) is 82.4 Å². The molecule has 1 aliphatic heterocycles. The van der Waals surface area contributed by atoms with Gasteiger partial charge in [-0.1, -0.05) is 0 Å². The largest absolute Gasteiger partial charge is 0.494 e. The van der Waals surface area contributed by atoms with Gasteiger partial charge >= 0.3 is 0 Å². The molecular weight excluding hydrogens is 563 g/mol. The van der Waals surface area contributed by atoms with E-state index in [0.717, 1.165) is 45.9 Å². The molecule has 2 atom stereocenters. The van der Waals surface area contributed by atoms with Gasteiger partial charge in [-0.15, -0.1) is 5.10 Å². The summed E-state index contributed by atoms with van der Waals surface area (Å²) >= 11 is 0. The molecule has 8 rings (SSSR count). The van der Waals surface area contributed by atoms with Gasteiger partial charge in [-0.05, 0) is 78.1 Å². The fourth-order valence-corrected chi connectivity index (χ4v) is 6.35. The quantitative estimate of drug-likeness (QED) is 0.309. The number of hydrogen-bond acceptors (Lipinski definition) is 8. The van der Waals surface area contributed by atoms with Crippen molar-refractivity contribution < 1.29 is 13.9 Å². The number of aryl methyl sites for hydroxylation is 1. The molecule has 2 N–H and O–H groups in total. The lowest BCUT2D eigenvalue weighted by Crippen LogP contribution is -2.50. The first kappa shape index (κ1) is 26.7. The van der Waals surface area contributed by atoms with Gasteiger partial charge < -0.3 is 24.5 Å². The summed E-state index contributed by atoms with van der Waals surface area (Å²) in [5, 5.41) is 12.8. The van der Waals surface area contributed by atoms with E-state index in [-0.39, 0.29) is 24.9 Å². The molecule has 1 amide bonds. The number of tetrazole rings is 1. The van der Waals surface area contributed by atoms with Crippen LogP contribution in [0.3, 0.4) is 0 Å². The van der Waals surface area contributed by atoms with E-state index in [1.165, 1.54) is 17.7 Å². The molecule has 12 nitrogen and oxygen atoms in total. The molecule has 0 unspecified atom stereocenters. The molecule has 1 saturated carbocycles. The van der Waals surface area contributed by atoms with Crippen LogP contribution in [0.15, 0.2) is 48.7 Å². The fraction of sp³-hybridized carbons (Fsp3) is 0.355. The zero-order valence-corrected chi connectivity index (χ0v) is 24.4. The van der Waals surface area contributed by atoms with Crippen molar-refractivity contribution in [1.82, 2.24) is 44.0 Å². The van der Waals surface area contributed by atoms with Crippen LogP contribution in [0.5, 0.6) is 5.75 Å². The van der Waals surface area contributed by atoms with Crippen molar-refractivity contribution in [2.75, 3.05) is 20.2 Å². The molecule has 0 spiro atoms. The van der Waals surface area contributed by atoms with Crippen molar-refractivity contribution in [3.05, 3.63) is 54.2 Å². The average molecular weight is 595 g/mol. The number of ether oxygens (including phenoxy) is 1. The number of fused-ring (bicyclic) bond motifs is 3. The molecule has 44 heavy (non-hydrogen) atoms. The van der Waals surface area contributed by atoms with E-state index < -0.39 is 6.17 Å². The maximum absolute atomic E-state index is 14.3. The Labute approximate surface area is 251 Å². The van der Waals surface area contributed by atoms with Crippen molar-refractivity contribution in [3.63, 3.8) is 0 Å². The maximum atomic E-state index is 14.3. The van der Waals surface area contributed by atoms with Gasteiger partial charge in [0.1, 0.15) is 23.1 Å². The minimum atomic E-state index is -1.14. The van der Waals surface area contributed by atoms with Crippen molar-refractivity contribution in [2.24, 2.45) is 18.7 Å². The predicted octanol–water partition coefficient (Wildman–Crippen LogP) is 3.62. The predicted molar refractivity (Wildman–Crippen MR) is 162 cm³/mol. The molecule has 2 aliphatic rings. The molecule has 13 heteroatoms. The molecule has 1 saturated heterocycles. The average Bonchev–Trinajstić information content (AvgIpc) is 3.44. The van der Waals surface area contributed by atoms with Crippen LogP contribution >= 0.6 is 0 Å². The van der Waals surface area contributed by atoms with Crippen LogP contribution in [0.1, 0.15) is 29.6 Å². The number of nitrogens with two attached hydrogens (primary N) is 1. The fourth-order valence-electron chi connectivity index (χ4n) is 6.35. The molecule has 5 aromatic heterocycles. The van der Waals surface area contributed by atoms with Crippen LogP contribution in [0.25, 0.3) is 50.5 Å². The molecule has 0 bridgehead atoms. The first-order chi connectivity index (χ1) is 21.4. The Hall–Kier alpha value is -4.91. The van der Waals surface area contributed by atoms with E-state index in [0.29, 0.717) is 34.9 Å². The number of alkyl halides is 1. The van der Waals surface area contributed by atoms with Gasteiger partial charge in [0, 0.05) is 48.9 Å². The number of piperidine rings is 1. The summed E-state index contributed by atoms with van der Waals surface area (Å²) < 4.78 is 25.9. The lowest BCUT2D eigenvalue weighted by Gasteiger charge is -2.33. The van der Waals surface area contributed by atoms with Gasteiger partial charge in [0.05, 0.1) is 30.6 Å². The number of pyridine rings is 2. The smallest absolute Gasteiger partial charge is 0.254 e. The van der Waals surface area contributed by atoms with Gasteiger partial charge in [-0.3, -0.25) is 4.79 Å². The highest BCUT2D eigenvalue weighted by atomic mass is 19.1. The monoisotopic (exact) mass is 594 g/mol. The number of carbonyl (C=O) groups excluding carboxylic acids is 1. The van der Waals surface area contributed by atoms with E-state index in [9.17, 15) is 9.18 Å². The van der Waals surface area contributed by atoms with E-state index in [4.69, 9.17) is 20.4 Å². The third-order valence-electron chi connectivity index (χ3n) is 8.72. The number of amides is 1. The third-order valence-corrected chi connectivity index (χ3v) is 8.72. The molecular formula is C31H31FN10O2. The Kier molecular flexibility index (Phi) is 6.12. The Morgan fingerprint density at radius 2 is 1.98 bits per heavy atom. The number of imidazole rings is 1. The van der Waals surface area contributed by atoms with Gasteiger partial charge in [-0.2, -0.15) is 0 Å². The number of nitrogens with zero attached hydrogens (tertiary/aromatic N) is 9. The van der Waals surface area contributed by atoms with Crippen LogP contribution in [0, 0.1) is 5.92 Å². The van der Waals surface area contributed by atoms with Crippen LogP contribution in [0.2, 0.25) is 0 Å². The van der Waals surface area contributed by atoms with E-state index in [1.807, 2.05) is 36.0 Å². The van der Waals surface area contributed by atoms with Gasteiger partial charge in [0.2, 0.25) is 0 Å². The second-order valence-corrected chi connectivity index (χ2v) is 11.9. The molecule has 6 heterocycles. The highest BCUT2D eigenvalue weighted by Crippen LogP contribution is 2.38. The summed E-state index contributed by atoms with van der Waals surface area (Å²) in [5.74, 6) is 1.56.